The molecule has 0 amide bonds. The summed E-state index contributed by atoms with van der Waals surface area (Å²) < 4.78 is 5.98. The topological polar surface area (TPSA) is 45.0 Å². The summed E-state index contributed by atoms with van der Waals surface area (Å²) in [6, 6.07) is 12.9. The first-order valence-electron chi connectivity index (χ1n) is 5.44. The Bertz CT molecular complexity index is 652. The van der Waals surface area contributed by atoms with Gasteiger partial charge in [-0.2, -0.15) is 5.26 Å². The minimum atomic E-state index is 0.542. The Labute approximate surface area is 124 Å². The molecule has 1 N–H and O–H groups in total. The maximum absolute atomic E-state index is 9.09. The van der Waals surface area contributed by atoms with Crippen LogP contribution in [0.4, 0.5) is 11.4 Å². The van der Waals surface area contributed by atoms with Crippen LogP contribution >= 0.6 is 27.5 Å². The Kier molecular flexibility index (Phi) is 4.31. The molecule has 0 saturated carbocycles. The number of rotatable bonds is 3. The van der Waals surface area contributed by atoms with E-state index in [0.29, 0.717) is 22.0 Å². The molecule has 0 radical (unpaired) electrons. The minimum absolute atomic E-state index is 0.542. The van der Waals surface area contributed by atoms with Gasteiger partial charge in [-0.1, -0.05) is 11.6 Å². The molecule has 3 nitrogen and oxygen atoms in total. The SMILES string of the molecule is COc1ccc(C#N)c(Nc2ccc(Br)c(Cl)c2)c1. The predicted octanol–water partition coefficient (Wildman–Crippen LogP) is 4.73. The fraction of sp³-hybridized carbons (Fsp3) is 0.0714. The third-order valence-electron chi connectivity index (χ3n) is 2.55. The van der Waals surface area contributed by atoms with Crippen LogP contribution in [-0.4, -0.2) is 7.11 Å². The van der Waals surface area contributed by atoms with Crippen LogP contribution in [-0.2, 0) is 0 Å². The summed E-state index contributed by atoms with van der Waals surface area (Å²) >= 11 is 9.37. The van der Waals surface area contributed by atoms with Crippen molar-refractivity contribution in [2.75, 3.05) is 12.4 Å². The Morgan fingerprint density at radius 3 is 2.68 bits per heavy atom. The van der Waals surface area contributed by atoms with Gasteiger partial charge in [-0.3, -0.25) is 0 Å². The van der Waals surface area contributed by atoms with Gasteiger partial charge in [-0.15, -0.1) is 0 Å². The quantitative estimate of drug-likeness (QED) is 0.881. The van der Waals surface area contributed by atoms with Crippen molar-refractivity contribution >= 4 is 38.9 Å². The Morgan fingerprint density at radius 1 is 1.26 bits per heavy atom. The van der Waals surface area contributed by atoms with Crippen LogP contribution in [0, 0.1) is 11.3 Å². The van der Waals surface area contributed by atoms with Crippen molar-refractivity contribution < 1.29 is 4.74 Å². The van der Waals surface area contributed by atoms with Crippen LogP contribution in [0.1, 0.15) is 5.56 Å². The molecule has 2 rings (SSSR count). The summed E-state index contributed by atoms with van der Waals surface area (Å²) in [6.45, 7) is 0. The highest BCUT2D eigenvalue weighted by Gasteiger charge is 2.06. The maximum Gasteiger partial charge on any atom is 0.121 e. The second-order valence-electron chi connectivity index (χ2n) is 3.78. The zero-order chi connectivity index (χ0) is 13.8. The molecule has 2 aromatic carbocycles. The fourth-order valence-electron chi connectivity index (χ4n) is 1.58. The molecule has 19 heavy (non-hydrogen) atoms. The smallest absolute Gasteiger partial charge is 0.121 e. The average molecular weight is 338 g/mol. The molecule has 0 fully saturated rings. The molecule has 0 aromatic heterocycles. The van der Waals surface area contributed by atoms with E-state index in [1.54, 1.807) is 31.4 Å². The average Bonchev–Trinajstić information content (AvgIpc) is 2.43. The predicted molar refractivity (Wildman–Crippen MR) is 80.1 cm³/mol. The summed E-state index contributed by atoms with van der Waals surface area (Å²) in [5, 5.41) is 12.9. The number of benzene rings is 2. The fourth-order valence-corrected chi connectivity index (χ4v) is 2.01. The Morgan fingerprint density at radius 2 is 2.05 bits per heavy atom. The van der Waals surface area contributed by atoms with Crippen molar-refractivity contribution in [1.29, 1.82) is 5.26 Å². The minimum Gasteiger partial charge on any atom is -0.497 e. The number of anilines is 2. The van der Waals surface area contributed by atoms with Gasteiger partial charge in [-0.25, -0.2) is 0 Å². The summed E-state index contributed by atoms with van der Waals surface area (Å²) in [4.78, 5) is 0. The van der Waals surface area contributed by atoms with Crippen LogP contribution in [0.3, 0.4) is 0 Å². The molecule has 0 atom stereocenters. The molecule has 0 aliphatic rings. The van der Waals surface area contributed by atoms with Gasteiger partial charge in [0, 0.05) is 16.2 Å². The maximum atomic E-state index is 9.09. The lowest BCUT2D eigenvalue weighted by molar-refractivity contribution is 0.415. The Balaban J connectivity index is 2.36. The highest BCUT2D eigenvalue weighted by Crippen LogP contribution is 2.29. The van der Waals surface area contributed by atoms with E-state index in [2.05, 4.69) is 27.3 Å². The first-order valence-corrected chi connectivity index (χ1v) is 6.61. The van der Waals surface area contributed by atoms with Crippen LogP contribution in [0.15, 0.2) is 40.9 Å². The number of halogens is 2. The van der Waals surface area contributed by atoms with Gasteiger partial charge >= 0.3 is 0 Å². The molecule has 0 unspecified atom stereocenters. The van der Waals surface area contributed by atoms with Crippen LogP contribution < -0.4 is 10.1 Å². The number of hydrogen-bond donors (Lipinski definition) is 1. The van der Waals surface area contributed by atoms with E-state index in [1.165, 1.54) is 0 Å². The summed E-state index contributed by atoms with van der Waals surface area (Å²) in [6.07, 6.45) is 0. The number of hydrogen-bond acceptors (Lipinski definition) is 3. The van der Waals surface area contributed by atoms with Crippen LogP contribution in [0.2, 0.25) is 5.02 Å². The number of nitrogens with one attached hydrogen (secondary N) is 1. The van der Waals surface area contributed by atoms with Crippen molar-refractivity contribution in [3.8, 4) is 11.8 Å². The molecule has 0 saturated heterocycles. The first-order chi connectivity index (χ1) is 9.13. The first kappa shape index (κ1) is 13.7. The van der Waals surface area contributed by atoms with Crippen LogP contribution in [0.5, 0.6) is 5.75 Å². The Hall–Kier alpha value is -1.70. The second kappa shape index (κ2) is 5.96. The van der Waals surface area contributed by atoms with Gasteiger partial charge in [0.05, 0.1) is 23.4 Å². The molecule has 2 aromatic rings. The van der Waals surface area contributed by atoms with E-state index in [0.717, 1.165) is 10.2 Å². The molecule has 0 aliphatic carbocycles. The van der Waals surface area contributed by atoms with E-state index < -0.39 is 0 Å². The monoisotopic (exact) mass is 336 g/mol. The van der Waals surface area contributed by atoms with Gasteiger partial charge < -0.3 is 10.1 Å². The zero-order valence-corrected chi connectivity index (χ0v) is 12.4. The van der Waals surface area contributed by atoms with Crippen molar-refractivity contribution in [1.82, 2.24) is 0 Å². The summed E-state index contributed by atoms with van der Waals surface area (Å²) in [7, 11) is 1.58. The lowest BCUT2D eigenvalue weighted by Crippen LogP contribution is -1.95. The van der Waals surface area contributed by atoms with E-state index in [-0.39, 0.29) is 0 Å². The largest absolute Gasteiger partial charge is 0.497 e. The van der Waals surface area contributed by atoms with Crippen molar-refractivity contribution in [3.63, 3.8) is 0 Å². The lowest BCUT2D eigenvalue weighted by Gasteiger charge is -2.10. The lowest BCUT2D eigenvalue weighted by atomic mass is 10.1. The molecular formula is C14H10BrClN2O. The van der Waals surface area contributed by atoms with E-state index in [1.807, 2.05) is 12.1 Å². The van der Waals surface area contributed by atoms with Gasteiger partial charge in [0.2, 0.25) is 0 Å². The summed E-state index contributed by atoms with van der Waals surface area (Å²) in [5.41, 5.74) is 2.03. The zero-order valence-electron chi connectivity index (χ0n) is 10.1. The normalized spacial score (nSPS) is 9.79. The van der Waals surface area contributed by atoms with E-state index in [9.17, 15) is 0 Å². The number of methoxy groups -OCH3 is 1. The molecule has 0 aliphatic heterocycles. The number of ether oxygens (including phenoxy) is 1. The van der Waals surface area contributed by atoms with Gasteiger partial charge in [-0.05, 0) is 46.3 Å². The highest BCUT2D eigenvalue weighted by atomic mass is 79.9. The number of nitrogens with zero attached hydrogens (tertiary/aromatic N) is 1. The van der Waals surface area contributed by atoms with Crippen LogP contribution in [0.25, 0.3) is 0 Å². The highest BCUT2D eigenvalue weighted by molar-refractivity contribution is 9.10. The molecule has 0 bridgehead atoms. The standard InChI is InChI=1S/C14H10BrClN2O/c1-19-11-4-2-9(8-17)14(7-11)18-10-3-5-12(15)13(16)6-10/h2-7,18H,1H3. The molecule has 0 spiro atoms. The van der Waals surface area contributed by atoms with Gasteiger partial charge in [0.15, 0.2) is 0 Å². The van der Waals surface area contributed by atoms with Gasteiger partial charge in [0.25, 0.3) is 0 Å². The summed E-state index contributed by atoms with van der Waals surface area (Å²) in [5.74, 6) is 0.685. The third-order valence-corrected chi connectivity index (χ3v) is 3.78. The van der Waals surface area contributed by atoms with Crippen molar-refractivity contribution in [2.45, 2.75) is 0 Å². The molecule has 96 valence electrons. The molecular weight excluding hydrogens is 328 g/mol. The molecule has 5 heteroatoms. The van der Waals surface area contributed by atoms with Crippen molar-refractivity contribution in [3.05, 3.63) is 51.5 Å². The van der Waals surface area contributed by atoms with Crippen molar-refractivity contribution in [2.24, 2.45) is 0 Å². The third kappa shape index (κ3) is 3.19. The van der Waals surface area contributed by atoms with Gasteiger partial charge in [0.1, 0.15) is 11.8 Å². The van der Waals surface area contributed by atoms with E-state index in [4.69, 9.17) is 21.6 Å². The molecule has 0 heterocycles. The van der Waals surface area contributed by atoms with E-state index >= 15 is 0 Å². The second-order valence-corrected chi connectivity index (χ2v) is 5.04. The number of nitriles is 1.